The van der Waals surface area contributed by atoms with Crippen LogP contribution in [0.5, 0.6) is 0 Å². The first kappa shape index (κ1) is 22.8. The maximum Gasteiger partial charge on any atom is 0.335 e. The van der Waals surface area contributed by atoms with Crippen LogP contribution in [0, 0.1) is 6.92 Å². The van der Waals surface area contributed by atoms with Crippen LogP contribution in [-0.4, -0.2) is 28.3 Å². The average molecular weight is 479 g/mol. The molecule has 1 aliphatic rings. The monoisotopic (exact) mass is 478 g/mol. The van der Waals surface area contributed by atoms with Crippen molar-refractivity contribution in [2.24, 2.45) is 0 Å². The van der Waals surface area contributed by atoms with E-state index in [2.05, 4.69) is 10.6 Å². The number of nitrogens with zero attached hydrogens (tertiary/aromatic N) is 2. The molecule has 0 bridgehead atoms. The molecule has 5 rings (SSSR count). The van der Waals surface area contributed by atoms with Crippen molar-refractivity contribution in [3.05, 3.63) is 102 Å². The molecule has 4 aromatic rings. The van der Waals surface area contributed by atoms with Gasteiger partial charge in [-0.3, -0.25) is 19.7 Å². The Morgan fingerprint density at radius 2 is 1.61 bits per heavy atom. The summed E-state index contributed by atoms with van der Waals surface area (Å²) in [7, 11) is 0. The van der Waals surface area contributed by atoms with E-state index in [0.717, 1.165) is 21.4 Å². The van der Waals surface area contributed by atoms with E-state index in [1.165, 1.54) is 6.08 Å². The van der Waals surface area contributed by atoms with Gasteiger partial charge in [0.2, 0.25) is 5.91 Å². The molecule has 0 atom stereocenters. The summed E-state index contributed by atoms with van der Waals surface area (Å²) in [6, 6.07) is 22.7. The van der Waals surface area contributed by atoms with Gasteiger partial charge in [-0.05, 0) is 42.8 Å². The van der Waals surface area contributed by atoms with Gasteiger partial charge < -0.3 is 9.88 Å². The number of fused-ring (bicyclic) bond motifs is 1. The Bertz CT molecular complexity index is 1550. The summed E-state index contributed by atoms with van der Waals surface area (Å²) in [6.45, 7) is 1.82. The molecule has 0 unspecified atom stereocenters. The number of para-hydroxylation sites is 3. The standard InChI is InChI=1S/C28H22N4O4/c1-18-9-5-7-13-23(18)32-27(35)22(26(34)30-28(32)36)15-19-16-31(24-14-8-6-12-21(19)24)17-25(33)29-20-10-3-2-4-11-20/h2-16H,17H2,1H3,(H,29,33)(H,30,34,36). The van der Waals surface area contributed by atoms with Crippen molar-refractivity contribution in [1.29, 1.82) is 0 Å². The van der Waals surface area contributed by atoms with Crippen LogP contribution in [0.4, 0.5) is 16.2 Å². The number of carbonyl (C=O) groups is 4. The van der Waals surface area contributed by atoms with Crippen molar-refractivity contribution in [3.63, 3.8) is 0 Å². The number of urea groups is 1. The molecule has 36 heavy (non-hydrogen) atoms. The molecule has 0 saturated carbocycles. The SMILES string of the molecule is Cc1ccccc1N1C(=O)NC(=O)C(=Cc2cn(CC(=O)Nc3ccccc3)c3ccccc23)C1=O. The van der Waals surface area contributed by atoms with Crippen molar-refractivity contribution in [2.75, 3.05) is 10.2 Å². The van der Waals surface area contributed by atoms with Crippen molar-refractivity contribution in [2.45, 2.75) is 13.5 Å². The van der Waals surface area contributed by atoms with E-state index in [0.29, 0.717) is 16.9 Å². The maximum atomic E-state index is 13.3. The first-order valence-electron chi connectivity index (χ1n) is 11.3. The fourth-order valence-corrected chi connectivity index (χ4v) is 4.24. The van der Waals surface area contributed by atoms with Crippen LogP contribution in [0.25, 0.3) is 17.0 Å². The topological polar surface area (TPSA) is 101 Å². The lowest BCUT2D eigenvalue weighted by molar-refractivity contribution is -0.122. The van der Waals surface area contributed by atoms with Gasteiger partial charge >= 0.3 is 6.03 Å². The molecule has 0 radical (unpaired) electrons. The van der Waals surface area contributed by atoms with Crippen LogP contribution in [0.15, 0.2) is 90.6 Å². The van der Waals surface area contributed by atoms with E-state index < -0.39 is 17.8 Å². The molecule has 1 aliphatic heterocycles. The fourth-order valence-electron chi connectivity index (χ4n) is 4.24. The minimum atomic E-state index is -0.795. The summed E-state index contributed by atoms with van der Waals surface area (Å²) in [5.74, 6) is -1.70. The van der Waals surface area contributed by atoms with Crippen LogP contribution in [-0.2, 0) is 20.9 Å². The number of hydrogen-bond acceptors (Lipinski definition) is 4. The second-order valence-corrected chi connectivity index (χ2v) is 8.39. The Balaban J connectivity index is 1.50. The lowest BCUT2D eigenvalue weighted by Crippen LogP contribution is -2.54. The summed E-state index contributed by atoms with van der Waals surface area (Å²) in [6.07, 6.45) is 3.18. The third-order valence-electron chi connectivity index (χ3n) is 5.95. The molecule has 1 aromatic heterocycles. The third-order valence-corrected chi connectivity index (χ3v) is 5.95. The number of rotatable bonds is 5. The molecule has 178 valence electrons. The highest BCUT2D eigenvalue weighted by Crippen LogP contribution is 2.28. The van der Waals surface area contributed by atoms with Gasteiger partial charge in [-0.15, -0.1) is 0 Å². The molecule has 8 nitrogen and oxygen atoms in total. The number of carbonyl (C=O) groups excluding carboxylic acids is 4. The summed E-state index contributed by atoms with van der Waals surface area (Å²) >= 11 is 0. The zero-order valence-electron chi connectivity index (χ0n) is 19.4. The lowest BCUT2D eigenvalue weighted by atomic mass is 10.1. The highest BCUT2D eigenvalue weighted by Gasteiger charge is 2.37. The van der Waals surface area contributed by atoms with Crippen molar-refractivity contribution in [1.82, 2.24) is 9.88 Å². The number of nitrogens with one attached hydrogen (secondary N) is 2. The molecule has 1 fully saturated rings. The number of imide groups is 2. The average Bonchev–Trinajstić information content (AvgIpc) is 3.20. The van der Waals surface area contributed by atoms with Gasteiger partial charge in [0, 0.05) is 28.4 Å². The van der Waals surface area contributed by atoms with Crippen LogP contribution in [0.1, 0.15) is 11.1 Å². The van der Waals surface area contributed by atoms with Gasteiger partial charge in [-0.1, -0.05) is 54.6 Å². The van der Waals surface area contributed by atoms with E-state index >= 15 is 0 Å². The molecule has 5 amide bonds. The summed E-state index contributed by atoms with van der Waals surface area (Å²) in [4.78, 5) is 52.2. The van der Waals surface area contributed by atoms with Crippen LogP contribution < -0.4 is 15.5 Å². The van der Waals surface area contributed by atoms with E-state index in [1.54, 1.807) is 54.1 Å². The number of aromatic nitrogens is 1. The number of amides is 5. The Labute approximate surface area is 206 Å². The summed E-state index contributed by atoms with van der Waals surface area (Å²) in [5.41, 5.74) is 2.98. The first-order valence-corrected chi connectivity index (χ1v) is 11.3. The van der Waals surface area contributed by atoms with Gasteiger partial charge in [0.25, 0.3) is 11.8 Å². The third kappa shape index (κ3) is 4.27. The van der Waals surface area contributed by atoms with E-state index in [1.807, 2.05) is 42.5 Å². The molecule has 0 spiro atoms. The molecule has 0 aliphatic carbocycles. The van der Waals surface area contributed by atoms with Gasteiger partial charge in [0.15, 0.2) is 0 Å². The highest BCUT2D eigenvalue weighted by molar-refractivity contribution is 6.39. The minimum absolute atomic E-state index is 0.0343. The molecular weight excluding hydrogens is 456 g/mol. The first-order chi connectivity index (χ1) is 17.4. The number of anilines is 2. The molecule has 3 aromatic carbocycles. The van der Waals surface area contributed by atoms with Crippen molar-refractivity contribution >= 4 is 52.1 Å². The maximum absolute atomic E-state index is 13.3. The number of barbiturate groups is 1. The molecular formula is C28H22N4O4. The molecule has 2 N–H and O–H groups in total. The van der Waals surface area contributed by atoms with Gasteiger partial charge in [-0.2, -0.15) is 0 Å². The van der Waals surface area contributed by atoms with Gasteiger partial charge in [0.1, 0.15) is 12.1 Å². The predicted octanol–water partition coefficient (Wildman–Crippen LogP) is 4.25. The quantitative estimate of drug-likeness (QED) is 0.331. The normalized spacial score (nSPS) is 14.9. The van der Waals surface area contributed by atoms with Crippen LogP contribution in [0.3, 0.4) is 0 Å². The van der Waals surface area contributed by atoms with Crippen molar-refractivity contribution in [3.8, 4) is 0 Å². The molecule has 8 heteroatoms. The fraction of sp³-hybridized carbons (Fsp3) is 0.0714. The van der Waals surface area contributed by atoms with Gasteiger partial charge in [-0.25, -0.2) is 9.69 Å². The summed E-state index contributed by atoms with van der Waals surface area (Å²) in [5, 5.41) is 5.88. The largest absolute Gasteiger partial charge is 0.337 e. The van der Waals surface area contributed by atoms with E-state index in [9.17, 15) is 19.2 Å². The Hall–Kier alpha value is -4.98. The lowest BCUT2D eigenvalue weighted by Gasteiger charge is -2.27. The zero-order chi connectivity index (χ0) is 25.2. The van der Waals surface area contributed by atoms with E-state index in [4.69, 9.17) is 0 Å². The number of aryl methyl sites for hydroxylation is 1. The molecule has 1 saturated heterocycles. The smallest absolute Gasteiger partial charge is 0.335 e. The van der Waals surface area contributed by atoms with Crippen LogP contribution in [0.2, 0.25) is 0 Å². The summed E-state index contributed by atoms with van der Waals surface area (Å²) < 4.78 is 1.76. The predicted molar refractivity (Wildman–Crippen MR) is 137 cm³/mol. The zero-order valence-corrected chi connectivity index (χ0v) is 19.4. The Kier molecular flexibility index (Phi) is 5.92. The minimum Gasteiger partial charge on any atom is -0.337 e. The van der Waals surface area contributed by atoms with Crippen LogP contribution >= 0.6 is 0 Å². The van der Waals surface area contributed by atoms with Crippen molar-refractivity contribution < 1.29 is 19.2 Å². The number of benzene rings is 3. The molecule has 2 heterocycles. The van der Waals surface area contributed by atoms with Gasteiger partial charge in [0.05, 0.1) is 5.69 Å². The highest BCUT2D eigenvalue weighted by atomic mass is 16.2. The Morgan fingerprint density at radius 1 is 0.917 bits per heavy atom. The van der Waals surface area contributed by atoms with E-state index in [-0.39, 0.29) is 18.0 Å². The Morgan fingerprint density at radius 3 is 2.39 bits per heavy atom. The second kappa shape index (κ2) is 9.34. The number of hydrogen-bond donors (Lipinski definition) is 2. The second-order valence-electron chi connectivity index (χ2n) is 8.39.